The van der Waals surface area contributed by atoms with E-state index in [0.717, 1.165) is 35.2 Å². The van der Waals surface area contributed by atoms with Crippen molar-refractivity contribution in [3.8, 4) is 5.88 Å². The number of hydrogen-bond donors (Lipinski definition) is 1. The number of aromatic nitrogens is 4. The van der Waals surface area contributed by atoms with E-state index in [9.17, 15) is 17.6 Å². The molecular formula is C25H33F4N5O. The number of hydrogen-bond acceptors (Lipinski definition) is 5. The van der Waals surface area contributed by atoms with Gasteiger partial charge in [-0.25, -0.2) is 14.4 Å². The van der Waals surface area contributed by atoms with Gasteiger partial charge in [0.05, 0.1) is 22.8 Å². The van der Waals surface area contributed by atoms with Crippen molar-refractivity contribution in [3.63, 3.8) is 0 Å². The van der Waals surface area contributed by atoms with Gasteiger partial charge in [0.1, 0.15) is 11.9 Å². The van der Waals surface area contributed by atoms with Gasteiger partial charge in [-0.3, -0.25) is 4.68 Å². The first kappa shape index (κ1) is 26.7. The third kappa shape index (κ3) is 5.85. The summed E-state index contributed by atoms with van der Waals surface area (Å²) in [6.45, 7) is 10.9. The zero-order valence-electron chi connectivity index (χ0n) is 20.8. The highest BCUT2D eigenvalue weighted by Gasteiger charge is 2.36. The van der Waals surface area contributed by atoms with Crippen LogP contribution in [0.1, 0.15) is 83.5 Å². The molecule has 0 saturated heterocycles. The molecule has 4 rings (SSSR count). The molecule has 0 amide bonds. The Hall–Kier alpha value is -2.91. The van der Waals surface area contributed by atoms with E-state index < -0.39 is 29.5 Å². The average molecular weight is 496 g/mol. The Balaban J connectivity index is 0.00000167. The lowest BCUT2D eigenvalue weighted by atomic mass is 9.93. The molecular weight excluding hydrogens is 462 g/mol. The second-order valence-electron chi connectivity index (χ2n) is 8.63. The fourth-order valence-electron chi connectivity index (χ4n) is 4.33. The van der Waals surface area contributed by atoms with E-state index in [1.165, 1.54) is 0 Å². The molecule has 10 heteroatoms. The smallest absolute Gasteiger partial charge is 0.419 e. The molecule has 0 spiro atoms. The van der Waals surface area contributed by atoms with Crippen LogP contribution in [0.4, 0.5) is 23.4 Å². The number of fused-ring (bicyclic) bond motifs is 1. The van der Waals surface area contributed by atoms with Crippen molar-refractivity contribution < 1.29 is 22.3 Å². The summed E-state index contributed by atoms with van der Waals surface area (Å²) in [4.78, 5) is 8.17. The van der Waals surface area contributed by atoms with Gasteiger partial charge in [0.25, 0.3) is 5.88 Å². The Kier molecular flexibility index (Phi) is 8.56. The molecule has 0 unspecified atom stereocenters. The van der Waals surface area contributed by atoms with Gasteiger partial charge in [0, 0.05) is 30.4 Å². The molecule has 1 saturated carbocycles. The van der Waals surface area contributed by atoms with Crippen LogP contribution in [-0.4, -0.2) is 32.4 Å². The lowest BCUT2D eigenvalue weighted by molar-refractivity contribution is -0.140. The first-order valence-electron chi connectivity index (χ1n) is 12.2. The standard InChI is InChI=1S/C23H27F4N5O.C2H6/c1-4-28-19-11-18-16(12-30-19)21(13(2)3)31-32(18)14-5-7-15(8-6-14)33-22-20(24)17(9-10-29-22)23(25,26)27;1-2/h9-15H,4-8H2,1-3H3,(H,28,30);1-2H3. The van der Waals surface area contributed by atoms with E-state index >= 15 is 0 Å². The summed E-state index contributed by atoms with van der Waals surface area (Å²) < 4.78 is 60.8. The number of alkyl halides is 3. The van der Waals surface area contributed by atoms with Crippen molar-refractivity contribution in [2.45, 2.75) is 84.5 Å². The summed E-state index contributed by atoms with van der Waals surface area (Å²) in [6.07, 6.45) is 0.110. The molecule has 0 aliphatic heterocycles. The van der Waals surface area contributed by atoms with Crippen LogP contribution in [0.2, 0.25) is 0 Å². The van der Waals surface area contributed by atoms with Crippen LogP contribution < -0.4 is 10.1 Å². The highest BCUT2D eigenvalue weighted by atomic mass is 19.4. The van der Waals surface area contributed by atoms with Crippen molar-refractivity contribution in [1.29, 1.82) is 0 Å². The molecule has 3 aromatic rings. The van der Waals surface area contributed by atoms with Gasteiger partial charge in [0.15, 0.2) is 5.82 Å². The number of anilines is 1. The van der Waals surface area contributed by atoms with Crippen LogP contribution in [0.25, 0.3) is 10.9 Å². The van der Waals surface area contributed by atoms with E-state index in [1.807, 2.05) is 37.7 Å². The Morgan fingerprint density at radius 2 is 1.83 bits per heavy atom. The molecule has 3 heterocycles. The minimum atomic E-state index is -4.79. The fraction of sp³-hybridized carbons (Fsp3) is 0.560. The second-order valence-corrected chi connectivity index (χ2v) is 8.63. The van der Waals surface area contributed by atoms with Crippen molar-refractivity contribution >= 4 is 16.7 Å². The van der Waals surface area contributed by atoms with Crippen LogP contribution >= 0.6 is 0 Å². The Morgan fingerprint density at radius 1 is 1.14 bits per heavy atom. The first-order chi connectivity index (χ1) is 16.7. The van der Waals surface area contributed by atoms with Gasteiger partial charge in [-0.2, -0.15) is 18.3 Å². The van der Waals surface area contributed by atoms with Gasteiger partial charge in [-0.05, 0) is 44.6 Å². The first-order valence-corrected chi connectivity index (χ1v) is 12.2. The topological polar surface area (TPSA) is 64.9 Å². The summed E-state index contributed by atoms with van der Waals surface area (Å²) in [7, 11) is 0. The summed E-state index contributed by atoms with van der Waals surface area (Å²) in [6, 6.07) is 2.73. The minimum Gasteiger partial charge on any atom is -0.472 e. The average Bonchev–Trinajstić information content (AvgIpc) is 3.21. The fourth-order valence-corrected chi connectivity index (χ4v) is 4.33. The molecule has 1 aliphatic carbocycles. The Bertz CT molecular complexity index is 1120. The van der Waals surface area contributed by atoms with Crippen molar-refractivity contribution in [1.82, 2.24) is 19.7 Å². The van der Waals surface area contributed by atoms with Gasteiger partial charge in [0.2, 0.25) is 0 Å². The van der Waals surface area contributed by atoms with Crippen molar-refractivity contribution in [2.75, 3.05) is 11.9 Å². The highest BCUT2D eigenvalue weighted by molar-refractivity contribution is 5.84. The molecule has 1 aliphatic rings. The molecule has 0 bridgehead atoms. The minimum absolute atomic E-state index is 0.107. The quantitative estimate of drug-likeness (QED) is 0.369. The maximum atomic E-state index is 14.3. The zero-order valence-corrected chi connectivity index (χ0v) is 20.8. The lowest BCUT2D eigenvalue weighted by Gasteiger charge is -2.29. The maximum absolute atomic E-state index is 14.3. The number of rotatable bonds is 6. The number of halogens is 4. The van der Waals surface area contributed by atoms with Crippen molar-refractivity contribution in [3.05, 3.63) is 41.6 Å². The normalized spacial score (nSPS) is 18.3. The van der Waals surface area contributed by atoms with Crippen LogP contribution in [0.15, 0.2) is 24.5 Å². The Labute approximate surface area is 203 Å². The van der Waals surface area contributed by atoms with Crippen LogP contribution in [0, 0.1) is 5.82 Å². The third-order valence-electron chi connectivity index (χ3n) is 5.96. The summed E-state index contributed by atoms with van der Waals surface area (Å²) >= 11 is 0. The molecule has 1 N–H and O–H groups in total. The van der Waals surface area contributed by atoms with E-state index in [0.29, 0.717) is 31.7 Å². The molecule has 0 radical (unpaired) electrons. The lowest BCUT2D eigenvalue weighted by Crippen LogP contribution is -2.27. The largest absolute Gasteiger partial charge is 0.472 e. The van der Waals surface area contributed by atoms with Gasteiger partial charge in [-0.15, -0.1) is 0 Å². The number of nitrogens with zero attached hydrogens (tertiary/aromatic N) is 4. The monoisotopic (exact) mass is 495 g/mol. The van der Waals surface area contributed by atoms with Crippen LogP contribution in [0.3, 0.4) is 0 Å². The highest BCUT2D eigenvalue weighted by Crippen LogP contribution is 2.37. The van der Waals surface area contributed by atoms with E-state index in [-0.39, 0.29) is 12.0 Å². The molecule has 35 heavy (non-hydrogen) atoms. The molecule has 6 nitrogen and oxygen atoms in total. The third-order valence-corrected chi connectivity index (χ3v) is 5.96. The number of ether oxygens (including phenoxy) is 1. The molecule has 0 aromatic carbocycles. The number of pyridine rings is 2. The predicted octanol–water partition coefficient (Wildman–Crippen LogP) is 7.13. The van der Waals surface area contributed by atoms with Gasteiger partial charge >= 0.3 is 6.18 Å². The SMILES string of the molecule is CC.CCNc1cc2c(cn1)c(C(C)C)nn2C1CCC(Oc2nccc(C(F)(F)F)c2F)CC1. The molecule has 3 aromatic heterocycles. The molecule has 192 valence electrons. The summed E-state index contributed by atoms with van der Waals surface area (Å²) in [5, 5.41) is 9.13. The maximum Gasteiger partial charge on any atom is 0.419 e. The van der Waals surface area contributed by atoms with Gasteiger partial charge in [-0.1, -0.05) is 27.7 Å². The van der Waals surface area contributed by atoms with Gasteiger partial charge < -0.3 is 10.1 Å². The molecule has 0 atom stereocenters. The second kappa shape index (κ2) is 11.2. The van der Waals surface area contributed by atoms with E-state index in [4.69, 9.17) is 9.84 Å². The molecule has 1 fully saturated rings. The van der Waals surface area contributed by atoms with Crippen LogP contribution in [-0.2, 0) is 6.18 Å². The number of nitrogens with one attached hydrogen (secondary N) is 1. The zero-order chi connectivity index (χ0) is 25.8. The van der Waals surface area contributed by atoms with Crippen molar-refractivity contribution in [2.24, 2.45) is 0 Å². The predicted molar refractivity (Wildman–Crippen MR) is 128 cm³/mol. The van der Waals surface area contributed by atoms with E-state index in [1.54, 1.807) is 0 Å². The Morgan fingerprint density at radius 3 is 2.43 bits per heavy atom. The summed E-state index contributed by atoms with van der Waals surface area (Å²) in [5.41, 5.74) is 0.615. The summed E-state index contributed by atoms with van der Waals surface area (Å²) in [5.74, 6) is -1.05. The van der Waals surface area contributed by atoms with E-state index in [2.05, 4.69) is 29.1 Å². The van der Waals surface area contributed by atoms with Crippen LogP contribution in [0.5, 0.6) is 5.88 Å².